The monoisotopic (exact) mass is 297 g/mol. The van der Waals surface area contributed by atoms with E-state index in [-0.39, 0.29) is 6.04 Å². The van der Waals surface area contributed by atoms with E-state index in [1.165, 1.54) is 4.31 Å². The molecule has 1 aliphatic rings. The van der Waals surface area contributed by atoms with Crippen LogP contribution in [0.4, 0.5) is 5.69 Å². The number of likely N-dealkylation sites (N-methyl/N-ethyl adjacent to an activating group) is 2. The number of hydrogen-bond acceptors (Lipinski definition) is 4. The summed E-state index contributed by atoms with van der Waals surface area (Å²) in [5.74, 6) is 0. The summed E-state index contributed by atoms with van der Waals surface area (Å²) < 4.78 is 26.8. The van der Waals surface area contributed by atoms with Gasteiger partial charge in [-0.05, 0) is 50.7 Å². The van der Waals surface area contributed by atoms with Crippen LogP contribution in [0.15, 0.2) is 29.2 Å². The van der Waals surface area contributed by atoms with Crippen LogP contribution in [0.5, 0.6) is 0 Å². The number of sulfonamides is 1. The van der Waals surface area contributed by atoms with Gasteiger partial charge in [-0.1, -0.05) is 0 Å². The molecule has 1 unspecified atom stereocenters. The highest BCUT2D eigenvalue weighted by molar-refractivity contribution is 7.89. The van der Waals surface area contributed by atoms with Gasteiger partial charge >= 0.3 is 0 Å². The topological polar surface area (TPSA) is 52.7 Å². The van der Waals surface area contributed by atoms with E-state index in [9.17, 15) is 8.42 Å². The molecule has 1 saturated heterocycles. The Hall–Kier alpha value is -1.11. The molecule has 5 nitrogen and oxygen atoms in total. The van der Waals surface area contributed by atoms with E-state index in [2.05, 4.69) is 10.2 Å². The lowest BCUT2D eigenvalue weighted by molar-refractivity contribution is 0.187. The van der Waals surface area contributed by atoms with Crippen molar-refractivity contribution in [2.45, 2.75) is 23.8 Å². The number of nitrogens with one attached hydrogen (secondary N) is 1. The van der Waals surface area contributed by atoms with Crippen molar-refractivity contribution in [1.29, 1.82) is 0 Å². The summed E-state index contributed by atoms with van der Waals surface area (Å²) in [4.78, 5) is 2.54. The Kier molecular flexibility index (Phi) is 4.67. The summed E-state index contributed by atoms with van der Waals surface area (Å²) in [6.45, 7) is 1.84. The SMILES string of the molecule is CNc1ccc(S(=O)(=O)N(C)C2CCCN(C)C2)cc1. The summed E-state index contributed by atoms with van der Waals surface area (Å²) in [5, 5.41) is 2.99. The molecule has 1 heterocycles. The Morgan fingerprint density at radius 1 is 1.30 bits per heavy atom. The fourth-order valence-corrected chi connectivity index (χ4v) is 3.97. The van der Waals surface area contributed by atoms with Crippen LogP contribution in [0.1, 0.15) is 12.8 Å². The van der Waals surface area contributed by atoms with Gasteiger partial charge in [0.05, 0.1) is 4.90 Å². The van der Waals surface area contributed by atoms with Crippen molar-refractivity contribution >= 4 is 15.7 Å². The summed E-state index contributed by atoms with van der Waals surface area (Å²) in [6.07, 6.45) is 1.97. The van der Waals surface area contributed by atoms with Crippen LogP contribution >= 0.6 is 0 Å². The van der Waals surface area contributed by atoms with Crippen LogP contribution in [-0.4, -0.2) is 57.9 Å². The van der Waals surface area contributed by atoms with Crippen molar-refractivity contribution in [2.75, 3.05) is 39.5 Å². The van der Waals surface area contributed by atoms with Crippen LogP contribution < -0.4 is 5.32 Å². The third-order valence-electron chi connectivity index (χ3n) is 3.93. The molecule has 1 fully saturated rings. The fraction of sp³-hybridized carbons (Fsp3) is 0.571. The first-order valence-corrected chi connectivity index (χ1v) is 8.33. The molecule has 1 aliphatic heterocycles. The summed E-state index contributed by atoms with van der Waals surface area (Å²) >= 11 is 0. The van der Waals surface area contributed by atoms with E-state index in [0.717, 1.165) is 31.6 Å². The Bertz CT molecular complexity index is 542. The van der Waals surface area contributed by atoms with Gasteiger partial charge in [-0.15, -0.1) is 0 Å². The zero-order valence-electron chi connectivity index (χ0n) is 12.3. The highest BCUT2D eigenvalue weighted by Crippen LogP contribution is 2.22. The van der Waals surface area contributed by atoms with Crippen LogP contribution in [0.3, 0.4) is 0 Å². The predicted octanol–water partition coefficient (Wildman–Crippen LogP) is 1.44. The molecule has 0 radical (unpaired) electrons. The van der Waals surface area contributed by atoms with Gasteiger partial charge in [0.1, 0.15) is 0 Å². The van der Waals surface area contributed by atoms with Crippen molar-refractivity contribution in [2.24, 2.45) is 0 Å². The minimum absolute atomic E-state index is 0.0581. The molecule has 1 aromatic rings. The van der Waals surface area contributed by atoms with Gasteiger partial charge in [0.15, 0.2) is 0 Å². The first kappa shape index (κ1) is 15.3. The molecule has 20 heavy (non-hydrogen) atoms. The van der Waals surface area contributed by atoms with E-state index in [4.69, 9.17) is 0 Å². The van der Waals surface area contributed by atoms with Gasteiger partial charge in [-0.2, -0.15) is 4.31 Å². The second-order valence-corrected chi connectivity index (χ2v) is 7.35. The van der Waals surface area contributed by atoms with E-state index in [1.807, 2.05) is 14.1 Å². The van der Waals surface area contributed by atoms with Gasteiger partial charge < -0.3 is 10.2 Å². The minimum Gasteiger partial charge on any atom is -0.388 e. The number of likely N-dealkylation sites (tertiary alicyclic amines) is 1. The standard InChI is InChI=1S/C14H23N3O2S/c1-15-12-6-8-14(9-7-12)20(18,19)17(3)13-5-4-10-16(2)11-13/h6-9,13,15H,4-5,10-11H2,1-3H3. The maximum Gasteiger partial charge on any atom is 0.243 e. The summed E-state index contributed by atoms with van der Waals surface area (Å²) in [7, 11) is 2.13. The molecule has 0 saturated carbocycles. The Morgan fingerprint density at radius 2 is 1.95 bits per heavy atom. The average molecular weight is 297 g/mol. The van der Waals surface area contributed by atoms with Crippen molar-refractivity contribution in [3.8, 4) is 0 Å². The fourth-order valence-electron chi connectivity index (χ4n) is 2.59. The first-order chi connectivity index (χ1) is 9.45. The van der Waals surface area contributed by atoms with Crippen LogP contribution in [0.25, 0.3) is 0 Å². The predicted molar refractivity (Wildman–Crippen MR) is 81.5 cm³/mol. The quantitative estimate of drug-likeness (QED) is 0.914. The molecular formula is C14H23N3O2S. The molecule has 2 rings (SSSR count). The van der Waals surface area contributed by atoms with E-state index < -0.39 is 10.0 Å². The number of hydrogen-bond donors (Lipinski definition) is 1. The summed E-state index contributed by atoms with van der Waals surface area (Å²) in [5.41, 5.74) is 0.906. The zero-order valence-corrected chi connectivity index (χ0v) is 13.2. The van der Waals surface area contributed by atoms with Gasteiger partial charge in [0.25, 0.3) is 0 Å². The number of rotatable bonds is 4. The average Bonchev–Trinajstić information content (AvgIpc) is 2.46. The number of anilines is 1. The van der Waals surface area contributed by atoms with Gasteiger partial charge in [-0.25, -0.2) is 8.42 Å². The highest BCUT2D eigenvalue weighted by atomic mass is 32.2. The van der Waals surface area contributed by atoms with Crippen molar-refractivity contribution in [3.05, 3.63) is 24.3 Å². The zero-order chi connectivity index (χ0) is 14.8. The summed E-state index contributed by atoms with van der Waals surface area (Å²) in [6, 6.07) is 6.94. The van der Waals surface area contributed by atoms with Gasteiger partial charge in [-0.3, -0.25) is 0 Å². The molecule has 0 spiro atoms. The Balaban J connectivity index is 2.19. The van der Waals surface area contributed by atoms with Crippen molar-refractivity contribution < 1.29 is 8.42 Å². The molecule has 0 bridgehead atoms. The lowest BCUT2D eigenvalue weighted by atomic mass is 10.1. The third-order valence-corrected chi connectivity index (χ3v) is 5.86. The molecule has 0 amide bonds. The van der Waals surface area contributed by atoms with Crippen molar-refractivity contribution in [3.63, 3.8) is 0 Å². The van der Waals surface area contributed by atoms with Gasteiger partial charge in [0.2, 0.25) is 10.0 Å². The van der Waals surface area contributed by atoms with Gasteiger partial charge in [0, 0.05) is 32.4 Å². The van der Waals surface area contributed by atoms with Crippen LogP contribution in [0, 0.1) is 0 Å². The van der Waals surface area contributed by atoms with E-state index in [1.54, 1.807) is 31.3 Å². The van der Waals surface area contributed by atoms with Crippen LogP contribution in [0.2, 0.25) is 0 Å². The molecule has 112 valence electrons. The Labute approximate surface area is 121 Å². The second-order valence-electron chi connectivity index (χ2n) is 5.35. The normalized spacial score (nSPS) is 21.1. The first-order valence-electron chi connectivity index (χ1n) is 6.89. The second kappa shape index (κ2) is 6.11. The molecule has 0 aromatic heterocycles. The number of nitrogens with zero attached hydrogens (tertiary/aromatic N) is 2. The number of benzene rings is 1. The number of piperidine rings is 1. The molecule has 6 heteroatoms. The molecule has 0 aliphatic carbocycles. The molecule has 1 atom stereocenters. The minimum atomic E-state index is -3.41. The van der Waals surface area contributed by atoms with Crippen molar-refractivity contribution in [1.82, 2.24) is 9.21 Å². The highest BCUT2D eigenvalue weighted by Gasteiger charge is 2.30. The van der Waals surface area contributed by atoms with E-state index >= 15 is 0 Å². The van der Waals surface area contributed by atoms with E-state index in [0.29, 0.717) is 4.90 Å². The molecular weight excluding hydrogens is 274 g/mol. The lowest BCUT2D eigenvalue weighted by Gasteiger charge is -2.35. The molecule has 1 N–H and O–H groups in total. The maximum atomic E-state index is 12.6. The lowest BCUT2D eigenvalue weighted by Crippen LogP contribution is -2.47. The molecule has 1 aromatic carbocycles. The Morgan fingerprint density at radius 3 is 2.50 bits per heavy atom. The maximum absolute atomic E-state index is 12.6. The third kappa shape index (κ3) is 3.13. The largest absolute Gasteiger partial charge is 0.388 e. The smallest absolute Gasteiger partial charge is 0.243 e. The van der Waals surface area contributed by atoms with Crippen LogP contribution in [-0.2, 0) is 10.0 Å².